The van der Waals surface area contributed by atoms with Gasteiger partial charge in [0.15, 0.2) is 0 Å². The molecule has 0 saturated carbocycles. The predicted octanol–water partition coefficient (Wildman–Crippen LogP) is -0.711. The Balaban J connectivity index is 1.91. The van der Waals surface area contributed by atoms with Crippen molar-refractivity contribution in [2.45, 2.75) is 12.5 Å². The summed E-state index contributed by atoms with van der Waals surface area (Å²) in [5.41, 5.74) is 0. The number of aliphatic hydroxyl groups is 1. The minimum Gasteiger partial charge on any atom is -0.396 e. The van der Waals surface area contributed by atoms with E-state index in [9.17, 15) is 5.11 Å². The van der Waals surface area contributed by atoms with E-state index in [-0.39, 0.29) is 6.61 Å². The van der Waals surface area contributed by atoms with Gasteiger partial charge < -0.3 is 15.2 Å². The first-order valence-corrected chi connectivity index (χ1v) is 5.55. The molecule has 0 aliphatic carbocycles. The fraction of sp³-hybridized carbons (Fsp3) is 1.00. The van der Waals surface area contributed by atoms with Crippen LogP contribution in [0.3, 0.4) is 0 Å². The SMILES string of the molecule is OCC1COCCC1N1CCNCC1. The molecular formula is C10H20N2O2. The van der Waals surface area contributed by atoms with E-state index in [1.165, 1.54) is 0 Å². The summed E-state index contributed by atoms with van der Waals surface area (Å²) >= 11 is 0. The van der Waals surface area contributed by atoms with Gasteiger partial charge in [0.2, 0.25) is 0 Å². The van der Waals surface area contributed by atoms with E-state index in [0.717, 1.165) is 45.8 Å². The number of nitrogens with one attached hydrogen (secondary N) is 1. The van der Waals surface area contributed by atoms with Gasteiger partial charge in [0.1, 0.15) is 0 Å². The zero-order chi connectivity index (χ0) is 9.80. The Kier molecular flexibility index (Phi) is 3.75. The van der Waals surface area contributed by atoms with Gasteiger partial charge in [-0.1, -0.05) is 0 Å². The van der Waals surface area contributed by atoms with Gasteiger partial charge in [-0.05, 0) is 6.42 Å². The van der Waals surface area contributed by atoms with Crippen LogP contribution in [0.2, 0.25) is 0 Å². The summed E-state index contributed by atoms with van der Waals surface area (Å²) < 4.78 is 5.39. The Morgan fingerprint density at radius 3 is 2.86 bits per heavy atom. The van der Waals surface area contributed by atoms with Gasteiger partial charge in [0.25, 0.3) is 0 Å². The van der Waals surface area contributed by atoms with Crippen molar-refractivity contribution in [1.29, 1.82) is 0 Å². The molecule has 0 amide bonds. The zero-order valence-electron chi connectivity index (χ0n) is 8.61. The maximum absolute atomic E-state index is 9.27. The lowest BCUT2D eigenvalue weighted by atomic mass is 9.94. The van der Waals surface area contributed by atoms with Gasteiger partial charge in [-0.3, -0.25) is 4.90 Å². The second-order valence-electron chi connectivity index (χ2n) is 4.16. The predicted molar refractivity (Wildman–Crippen MR) is 54.2 cm³/mol. The molecule has 0 spiro atoms. The van der Waals surface area contributed by atoms with Gasteiger partial charge >= 0.3 is 0 Å². The number of nitrogens with zero attached hydrogens (tertiary/aromatic N) is 1. The van der Waals surface area contributed by atoms with Crippen molar-refractivity contribution in [1.82, 2.24) is 10.2 Å². The minimum atomic E-state index is 0.259. The molecule has 2 N–H and O–H groups in total. The first-order chi connectivity index (χ1) is 6.92. The molecule has 0 radical (unpaired) electrons. The van der Waals surface area contributed by atoms with Crippen LogP contribution in [0.4, 0.5) is 0 Å². The molecule has 0 aromatic carbocycles. The summed E-state index contributed by atoms with van der Waals surface area (Å²) in [5, 5.41) is 12.6. The van der Waals surface area contributed by atoms with Crippen molar-refractivity contribution in [3.63, 3.8) is 0 Å². The van der Waals surface area contributed by atoms with Crippen molar-refractivity contribution in [2.75, 3.05) is 46.0 Å². The van der Waals surface area contributed by atoms with Crippen LogP contribution in [0.25, 0.3) is 0 Å². The molecule has 4 nitrogen and oxygen atoms in total. The molecule has 2 aliphatic rings. The first kappa shape index (κ1) is 10.4. The molecule has 2 aliphatic heterocycles. The highest BCUT2D eigenvalue weighted by atomic mass is 16.5. The number of aliphatic hydroxyl groups excluding tert-OH is 1. The average molecular weight is 200 g/mol. The van der Waals surface area contributed by atoms with E-state index in [4.69, 9.17) is 4.74 Å². The number of ether oxygens (including phenoxy) is 1. The molecule has 2 unspecified atom stereocenters. The first-order valence-electron chi connectivity index (χ1n) is 5.55. The van der Waals surface area contributed by atoms with Crippen LogP contribution in [0, 0.1) is 5.92 Å². The Bertz CT molecular complexity index is 172. The molecule has 82 valence electrons. The van der Waals surface area contributed by atoms with Crippen molar-refractivity contribution < 1.29 is 9.84 Å². The summed E-state index contributed by atoms with van der Waals surface area (Å²) in [6, 6.07) is 0.538. The fourth-order valence-electron chi connectivity index (χ4n) is 2.45. The third-order valence-electron chi connectivity index (χ3n) is 3.29. The topological polar surface area (TPSA) is 44.7 Å². The molecule has 14 heavy (non-hydrogen) atoms. The van der Waals surface area contributed by atoms with Crippen LogP contribution in [-0.2, 0) is 4.74 Å². The molecule has 2 saturated heterocycles. The van der Waals surface area contributed by atoms with E-state index in [0.29, 0.717) is 12.0 Å². The molecule has 0 bridgehead atoms. The third-order valence-corrected chi connectivity index (χ3v) is 3.29. The number of hydrogen-bond donors (Lipinski definition) is 2. The summed E-state index contributed by atoms with van der Waals surface area (Å²) in [5.74, 6) is 0.321. The standard InChI is InChI=1S/C10H20N2O2/c13-7-9-8-14-6-1-10(9)12-4-2-11-3-5-12/h9-11,13H,1-8H2. The quantitative estimate of drug-likeness (QED) is 0.618. The van der Waals surface area contributed by atoms with E-state index >= 15 is 0 Å². The molecule has 0 aromatic rings. The lowest BCUT2D eigenvalue weighted by Crippen LogP contribution is -2.54. The van der Waals surface area contributed by atoms with E-state index in [2.05, 4.69) is 10.2 Å². The van der Waals surface area contributed by atoms with Crippen LogP contribution in [0.5, 0.6) is 0 Å². The minimum absolute atomic E-state index is 0.259. The van der Waals surface area contributed by atoms with Gasteiger partial charge in [-0.15, -0.1) is 0 Å². The Labute approximate surface area is 85.2 Å². The van der Waals surface area contributed by atoms with Gasteiger partial charge in [0.05, 0.1) is 6.61 Å². The maximum atomic E-state index is 9.27. The normalized spacial score (nSPS) is 35.8. The number of rotatable bonds is 2. The van der Waals surface area contributed by atoms with Crippen LogP contribution in [0.1, 0.15) is 6.42 Å². The smallest absolute Gasteiger partial charge is 0.0531 e. The highest BCUT2D eigenvalue weighted by molar-refractivity contribution is 4.84. The van der Waals surface area contributed by atoms with Crippen LogP contribution in [-0.4, -0.2) is 62.0 Å². The van der Waals surface area contributed by atoms with Gasteiger partial charge in [0, 0.05) is 51.4 Å². The number of piperazine rings is 1. The molecule has 2 heterocycles. The lowest BCUT2D eigenvalue weighted by Gasteiger charge is -2.41. The maximum Gasteiger partial charge on any atom is 0.0531 e. The molecule has 2 atom stereocenters. The van der Waals surface area contributed by atoms with E-state index in [1.54, 1.807) is 0 Å². The van der Waals surface area contributed by atoms with Crippen LogP contribution >= 0.6 is 0 Å². The second-order valence-corrected chi connectivity index (χ2v) is 4.16. The summed E-state index contributed by atoms with van der Waals surface area (Å²) in [6.07, 6.45) is 1.07. The van der Waals surface area contributed by atoms with Gasteiger partial charge in [-0.25, -0.2) is 0 Å². The molecular weight excluding hydrogens is 180 g/mol. The van der Waals surface area contributed by atoms with E-state index in [1.807, 2.05) is 0 Å². The van der Waals surface area contributed by atoms with Gasteiger partial charge in [-0.2, -0.15) is 0 Å². The van der Waals surface area contributed by atoms with Crippen molar-refractivity contribution in [3.05, 3.63) is 0 Å². The zero-order valence-corrected chi connectivity index (χ0v) is 8.61. The summed E-state index contributed by atoms with van der Waals surface area (Å²) in [4.78, 5) is 2.50. The van der Waals surface area contributed by atoms with E-state index < -0.39 is 0 Å². The Hall–Kier alpha value is -0.160. The molecule has 2 fully saturated rings. The van der Waals surface area contributed by atoms with Crippen molar-refractivity contribution in [2.24, 2.45) is 5.92 Å². The third kappa shape index (κ3) is 2.25. The molecule has 0 aromatic heterocycles. The summed E-state index contributed by atoms with van der Waals surface area (Å²) in [7, 11) is 0. The highest BCUT2D eigenvalue weighted by Gasteiger charge is 2.30. The fourth-order valence-corrected chi connectivity index (χ4v) is 2.45. The Morgan fingerprint density at radius 2 is 2.14 bits per heavy atom. The Morgan fingerprint density at radius 1 is 1.36 bits per heavy atom. The number of hydrogen-bond acceptors (Lipinski definition) is 4. The second kappa shape index (κ2) is 5.07. The largest absolute Gasteiger partial charge is 0.396 e. The summed E-state index contributed by atoms with van der Waals surface area (Å²) in [6.45, 7) is 6.22. The average Bonchev–Trinajstić information content (AvgIpc) is 2.30. The molecule has 2 rings (SSSR count). The highest BCUT2D eigenvalue weighted by Crippen LogP contribution is 2.20. The lowest BCUT2D eigenvalue weighted by molar-refractivity contribution is -0.0350. The monoisotopic (exact) mass is 200 g/mol. The van der Waals surface area contributed by atoms with Crippen LogP contribution in [0.15, 0.2) is 0 Å². The van der Waals surface area contributed by atoms with Crippen molar-refractivity contribution in [3.8, 4) is 0 Å². The van der Waals surface area contributed by atoms with Crippen LogP contribution < -0.4 is 5.32 Å². The van der Waals surface area contributed by atoms with Crippen molar-refractivity contribution >= 4 is 0 Å². The molecule has 4 heteroatoms.